The summed E-state index contributed by atoms with van der Waals surface area (Å²) in [5.74, 6) is -4.70. The first-order chi connectivity index (χ1) is 18.2. The van der Waals surface area contributed by atoms with E-state index >= 15 is 0 Å². The second kappa shape index (κ2) is 11.1. The third-order valence-electron chi connectivity index (χ3n) is 5.72. The maximum Gasteiger partial charge on any atom is 0.471 e. The molecule has 3 N–H and O–H groups in total. The summed E-state index contributed by atoms with van der Waals surface area (Å²) in [6.45, 7) is 0. The molecule has 0 unspecified atom stereocenters. The minimum Gasteiger partial charge on any atom is -0.326 e. The Morgan fingerprint density at radius 2 is 1.28 bits per heavy atom. The number of alkyl halides is 5. The molecule has 0 heterocycles. The SMILES string of the molecule is O=C(Nc1ccc(NC(=O)C(F)(F)F)cc1)c1cc(NC(=O)[C@@H]2[C@@H](c3cc(Cl)cc(Cl)c3)C2(Cl)Cl)ccc1Cl. The van der Waals surface area contributed by atoms with Crippen LogP contribution in [0.5, 0.6) is 0 Å². The largest absolute Gasteiger partial charge is 0.471 e. The fraction of sp³-hybridized carbons (Fsp3) is 0.160. The summed E-state index contributed by atoms with van der Waals surface area (Å²) in [7, 11) is 0. The van der Waals surface area contributed by atoms with Gasteiger partial charge in [0, 0.05) is 33.0 Å². The number of nitrogens with one attached hydrogen (secondary N) is 3. The van der Waals surface area contributed by atoms with Crippen LogP contribution in [0.4, 0.5) is 30.2 Å². The van der Waals surface area contributed by atoms with E-state index in [1.54, 1.807) is 17.4 Å². The molecule has 3 aromatic rings. The number of anilines is 3. The van der Waals surface area contributed by atoms with Gasteiger partial charge in [0.05, 0.1) is 16.5 Å². The van der Waals surface area contributed by atoms with Crippen molar-refractivity contribution in [3.8, 4) is 0 Å². The van der Waals surface area contributed by atoms with Crippen molar-refractivity contribution in [2.45, 2.75) is 16.4 Å². The van der Waals surface area contributed by atoms with Gasteiger partial charge in [-0.3, -0.25) is 14.4 Å². The van der Waals surface area contributed by atoms with Crippen molar-refractivity contribution in [3.63, 3.8) is 0 Å². The number of carbonyl (C=O) groups excluding carboxylic acids is 3. The topological polar surface area (TPSA) is 87.3 Å². The van der Waals surface area contributed by atoms with Crippen molar-refractivity contribution in [2.75, 3.05) is 16.0 Å². The zero-order valence-electron chi connectivity index (χ0n) is 19.2. The van der Waals surface area contributed by atoms with Crippen LogP contribution in [-0.4, -0.2) is 28.2 Å². The Balaban J connectivity index is 1.44. The lowest BCUT2D eigenvalue weighted by molar-refractivity contribution is -0.167. The van der Waals surface area contributed by atoms with Gasteiger partial charge in [-0.05, 0) is 66.2 Å². The summed E-state index contributed by atoms with van der Waals surface area (Å²) in [5.41, 5.74) is 0.925. The van der Waals surface area contributed by atoms with Crippen molar-refractivity contribution in [3.05, 3.63) is 86.9 Å². The Morgan fingerprint density at radius 1 is 0.744 bits per heavy atom. The van der Waals surface area contributed by atoms with Gasteiger partial charge in [0.15, 0.2) is 0 Å². The molecule has 0 spiro atoms. The molecule has 3 amide bonds. The Labute approximate surface area is 244 Å². The van der Waals surface area contributed by atoms with E-state index in [1.807, 2.05) is 0 Å². The van der Waals surface area contributed by atoms with Gasteiger partial charge in [0.1, 0.15) is 4.33 Å². The Kier molecular flexibility index (Phi) is 8.31. The Hall–Kier alpha value is -2.69. The highest BCUT2D eigenvalue weighted by molar-refractivity contribution is 6.53. The summed E-state index contributed by atoms with van der Waals surface area (Å²) < 4.78 is 35.8. The molecule has 0 radical (unpaired) electrons. The second-order valence-electron chi connectivity index (χ2n) is 8.50. The monoisotopic (exact) mass is 637 g/mol. The standard InChI is InChI=1S/C25H15Cl5F3N3O3/c26-12-7-11(8-13(27)9-12)19-20(24(19,29)30)22(38)35-16-5-6-18(28)17(10-16)21(37)34-14-1-3-15(4-2-14)36-23(39)25(31,32)33/h1-10,19-20H,(H,34,37)(H,35,38)(H,36,39)/t19-,20+/m1/s1. The van der Waals surface area contributed by atoms with Crippen molar-refractivity contribution in [2.24, 2.45) is 5.92 Å². The maximum absolute atomic E-state index is 13.0. The minimum absolute atomic E-state index is 0.000831. The van der Waals surface area contributed by atoms with E-state index < -0.39 is 40.1 Å². The van der Waals surface area contributed by atoms with Crippen molar-refractivity contribution in [1.82, 2.24) is 0 Å². The van der Waals surface area contributed by atoms with Gasteiger partial charge in [-0.15, -0.1) is 23.2 Å². The number of hydrogen-bond acceptors (Lipinski definition) is 3. The summed E-state index contributed by atoms with van der Waals surface area (Å²) in [4.78, 5) is 36.9. The normalized spacial score (nSPS) is 17.7. The molecule has 2 atom stereocenters. The van der Waals surface area contributed by atoms with Crippen LogP contribution in [0.15, 0.2) is 60.7 Å². The van der Waals surface area contributed by atoms with Crippen LogP contribution in [0.1, 0.15) is 21.8 Å². The molecule has 6 nitrogen and oxygen atoms in total. The van der Waals surface area contributed by atoms with E-state index in [4.69, 9.17) is 58.0 Å². The second-order valence-corrected chi connectivity index (χ2v) is 11.2. The number of carbonyl (C=O) groups is 3. The van der Waals surface area contributed by atoms with Crippen LogP contribution in [0, 0.1) is 5.92 Å². The number of rotatable bonds is 6. The van der Waals surface area contributed by atoms with E-state index in [0.29, 0.717) is 15.6 Å². The fourth-order valence-corrected chi connectivity index (χ4v) is 5.43. The van der Waals surface area contributed by atoms with Gasteiger partial charge >= 0.3 is 12.1 Å². The summed E-state index contributed by atoms with van der Waals surface area (Å²) in [6, 6.07) is 13.9. The maximum atomic E-state index is 13.0. The molecule has 0 bridgehead atoms. The molecule has 3 aromatic carbocycles. The van der Waals surface area contributed by atoms with Crippen LogP contribution >= 0.6 is 58.0 Å². The molecular formula is C25H15Cl5F3N3O3. The van der Waals surface area contributed by atoms with Gasteiger partial charge in [-0.1, -0.05) is 34.8 Å². The van der Waals surface area contributed by atoms with Crippen LogP contribution in [0.3, 0.4) is 0 Å². The van der Waals surface area contributed by atoms with Crippen LogP contribution in [0.25, 0.3) is 0 Å². The fourth-order valence-electron chi connectivity index (χ4n) is 3.86. The predicted molar refractivity (Wildman–Crippen MR) is 146 cm³/mol. The molecule has 0 aromatic heterocycles. The van der Waals surface area contributed by atoms with E-state index in [0.717, 1.165) is 0 Å². The third-order valence-corrected chi connectivity index (χ3v) is 7.42. The smallest absolute Gasteiger partial charge is 0.326 e. The summed E-state index contributed by atoms with van der Waals surface area (Å²) in [6.07, 6.45) is -5.04. The van der Waals surface area contributed by atoms with Gasteiger partial charge in [-0.2, -0.15) is 13.2 Å². The first-order valence-corrected chi connectivity index (χ1v) is 12.8. The molecular weight excluding hydrogens is 625 g/mol. The van der Waals surface area contributed by atoms with Gasteiger partial charge in [-0.25, -0.2) is 0 Å². The van der Waals surface area contributed by atoms with E-state index in [-0.39, 0.29) is 27.6 Å². The zero-order chi connectivity index (χ0) is 28.7. The van der Waals surface area contributed by atoms with Crippen LogP contribution in [-0.2, 0) is 9.59 Å². The molecule has 1 fully saturated rings. The molecule has 14 heteroatoms. The molecule has 204 valence electrons. The van der Waals surface area contributed by atoms with Gasteiger partial charge < -0.3 is 16.0 Å². The molecule has 1 aliphatic carbocycles. The first kappa shape index (κ1) is 29.3. The highest BCUT2D eigenvalue weighted by Gasteiger charge is 2.67. The van der Waals surface area contributed by atoms with Gasteiger partial charge in [0.2, 0.25) is 5.91 Å². The predicted octanol–water partition coefficient (Wildman–Crippen LogP) is 7.93. The molecule has 4 rings (SSSR count). The van der Waals surface area contributed by atoms with Crippen LogP contribution in [0.2, 0.25) is 15.1 Å². The van der Waals surface area contributed by atoms with Crippen molar-refractivity contribution < 1.29 is 27.6 Å². The zero-order valence-corrected chi connectivity index (χ0v) is 23.0. The van der Waals surface area contributed by atoms with Crippen molar-refractivity contribution in [1.29, 1.82) is 0 Å². The highest BCUT2D eigenvalue weighted by Crippen LogP contribution is 2.65. The van der Waals surface area contributed by atoms with Crippen LogP contribution < -0.4 is 16.0 Å². The molecule has 0 aliphatic heterocycles. The summed E-state index contributed by atoms with van der Waals surface area (Å²) >= 11 is 31.1. The number of hydrogen-bond donors (Lipinski definition) is 3. The summed E-state index contributed by atoms with van der Waals surface area (Å²) in [5, 5.41) is 7.70. The Morgan fingerprint density at radius 3 is 1.85 bits per heavy atom. The first-order valence-electron chi connectivity index (χ1n) is 10.9. The lowest BCUT2D eigenvalue weighted by atomic mass is 10.1. The number of halogens is 8. The van der Waals surface area contributed by atoms with E-state index in [2.05, 4.69) is 10.6 Å². The lowest BCUT2D eigenvalue weighted by Crippen LogP contribution is -2.29. The van der Waals surface area contributed by atoms with E-state index in [1.165, 1.54) is 48.5 Å². The van der Waals surface area contributed by atoms with E-state index in [9.17, 15) is 27.6 Å². The molecule has 1 aliphatic rings. The minimum atomic E-state index is -5.04. The lowest BCUT2D eigenvalue weighted by Gasteiger charge is -2.11. The average Bonchev–Trinajstić information content (AvgIpc) is 3.42. The number of benzene rings is 3. The third kappa shape index (κ3) is 6.73. The Bertz CT molecular complexity index is 1450. The number of amides is 3. The average molecular weight is 640 g/mol. The van der Waals surface area contributed by atoms with Gasteiger partial charge in [0.25, 0.3) is 5.91 Å². The molecule has 1 saturated carbocycles. The molecule has 39 heavy (non-hydrogen) atoms. The van der Waals surface area contributed by atoms with Crippen molar-refractivity contribution >= 4 is 92.8 Å². The quantitative estimate of drug-likeness (QED) is 0.240. The molecule has 0 saturated heterocycles. The highest BCUT2D eigenvalue weighted by atomic mass is 35.5.